The van der Waals surface area contributed by atoms with Crippen molar-refractivity contribution in [3.8, 4) is 11.5 Å². The predicted octanol–water partition coefficient (Wildman–Crippen LogP) is 1.16. The largest absolute Gasteiger partial charge is 0.504 e. The molecular weight excluding hydrogens is 294 g/mol. The maximum atomic E-state index is 12.4. The van der Waals surface area contributed by atoms with Crippen LogP contribution in [-0.2, 0) is 16.6 Å². The van der Waals surface area contributed by atoms with Gasteiger partial charge in [0.2, 0.25) is 0 Å². The van der Waals surface area contributed by atoms with Crippen LogP contribution in [0.25, 0.3) is 0 Å². The fourth-order valence-electron chi connectivity index (χ4n) is 4.35. The van der Waals surface area contributed by atoms with Crippen molar-refractivity contribution in [3.63, 3.8) is 0 Å². The average Bonchev–Trinajstić information content (AvgIpc) is 2.89. The first-order valence-electron chi connectivity index (χ1n) is 8.10. The molecule has 0 bridgehead atoms. The molecule has 2 heterocycles. The van der Waals surface area contributed by atoms with Gasteiger partial charge in [-0.15, -0.1) is 0 Å². The molecule has 23 heavy (non-hydrogen) atoms. The lowest BCUT2D eigenvalue weighted by molar-refractivity contribution is -0.123. The van der Waals surface area contributed by atoms with E-state index in [1.54, 1.807) is 12.1 Å². The summed E-state index contributed by atoms with van der Waals surface area (Å²) in [6, 6.07) is 3.58. The number of ketones is 1. The number of ether oxygens (including phenoxy) is 1. The van der Waals surface area contributed by atoms with E-state index in [-0.39, 0.29) is 24.2 Å². The van der Waals surface area contributed by atoms with Crippen molar-refractivity contribution in [2.24, 2.45) is 0 Å². The second-order valence-electron chi connectivity index (χ2n) is 6.88. The topological polar surface area (TPSA) is 70.0 Å². The number of nitrogens with zero attached hydrogens (tertiary/aromatic N) is 1. The van der Waals surface area contributed by atoms with Crippen LogP contribution in [0.3, 0.4) is 0 Å². The van der Waals surface area contributed by atoms with E-state index in [0.717, 1.165) is 30.5 Å². The van der Waals surface area contributed by atoms with Crippen molar-refractivity contribution in [2.45, 2.75) is 36.8 Å². The van der Waals surface area contributed by atoms with Gasteiger partial charge in [0.05, 0.1) is 6.61 Å². The number of allylic oxidation sites excluding steroid dienone is 1. The molecule has 0 radical (unpaired) electrons. The zero-order chi connectivity index (χ0) is 16.2. The van der Waals surface area contributed by atoms with Gasteiger partial charge in [0, 0.05) is 17.0 Å². The number of benzene rings is 1. The molecule has 2 aliphatic heterocycles. The quantitative estimate of drug-likeness (QED) is 0.814. The van der Waals surface area contributed by atoms with Crippen molar-refractivity contribution >= 4 is 5.78 Å². The Morgan fingerprint density at radius 3 is 3.04 bits per heavy atom. The molecule has 1 spiro atoms. The summed E-state index contributed by atoms with van der Waals surface area (Å²) in [5.41, 5.74) is 1.64. The molecule has 0 saturated heterocycles. The number of phenols is 1. The fraction of sp³-hybridized carbons (Fsp3) is 0.500. The van der Waals surface area contributed by atoms with E-state index in [2.05, 4.69) is 4.90 Å². The van der Waals surface area contributed by atoms with Crippen LogP contribution < -0.4 is 4.74 Å². The third kappa shape index (κ3) is 1.96. The monoisotopic (exact) mass is 315 g/mol. The molecule has 3 aliphatic rings. The lowest BCUT2D eigenvalue weighted by Gasteiger charge is -2.40. The fourth-order valence-corrected chi connectivity index (χ4v) is 4.35. The van der Waals surface area contributed by atoms with E-state index >= 15 is 0 Å². The Balaban J connectivity index is 1.93. The Morgan fingerprint density at radius 1 is 1.43 bits per heavy atom. The van der Waals surface area contributed by atoms with E-state index in [9.17, 15) is 15.0 Å². The van der Waals surface area contributed by atoms with Crippen molar-refractivity contribution in [1.29, 1.82) is 0 Å². The molecule has 0 saturated carbocycles. The number of aliphatic hydroxyl groups excluding tert-OH is 1. The third-order valence-electron chi connectivity index (χ3n) is 5.68. The van der Waals surface area contributed by atoms with Crippen LogP contribution >= 0.6 is 0 Å². The Morgan fingerprint density at radius 2 is 2.26 bits per heavy atom. The normalized spacial score (nSPS) is 32.7. The molecule has 2 N–H and O–H groups in total. The minimum Gasteiger partial charge on any atom is -0.504 e. The molecule has 5 nitrogen and oxygen atoms in total. The summed E-state index contributed by atoms with van der Waals surface area (Å²) in [6.45, 7) is 0.864. The summed E-state index contributed by atoms with van der Waals surface area (Å²) in [6.07, 6.45) is 5.17. The Bertz CT molecular complexity index is 699. The van der Waals surface area contributed by atoms with Crippen LogP contribution in [0, 0.1) is 0 Å². The van der Waals surface area contributed by atoms with E-state index in [4.69, 9.17) is 4.74 Å². The standard InChI is InChI=1S/C18H21NO4/c1-19-8-7-18-6-2-3-14(22)17(18)23-16-13(21)5-4-11(15(16)18)9-12(19)10-20/h2-5,12,17,20-21H,6-10H2,1H3/t12-,17?,18-/m1/s1. The molecule has 1 aromatic rings. The lowest BCUT2D eigenvalue weighted by atomic mass is 9.66. The van der Waals surface area contributed by atoms with Crippen LogP contribution in [0.15, 0.2) is 24.3 Å². The number of hydrogen-bond acceptors (Lipinski definition) is 5. The van der Waals surface area contributed by atoms with Gasteiger partial charge in [-0.2, -0.15) is 0 Å². The number of likely N-dealkylation sites (N-methyl/N-ethyl adjacent to an activating group) is 1. The number of rotatable bonds is 1. The maximum absolute atomic E-state index is 12.4. The number of aliphatic hydroxyl groups is 1. The Kier molecular flexibility index (Phi) is 3.25. The van der Waals surface area contributed by atoms with Gasteiger partial charge in [-0.05, 0) is 50.6 Å². The SMILES string of the molecule is CN1CC[C@@]23CC=CC(=O)C2Oc2c(O)ccc(c23)C[C@@H]1CO. The highest BCUT2D eigenvalue weighted by molar-refractivity contribution is 5.97. The van der Waals surface area contributed by atoms with E-state index in [0.29, 0.717) is 12.2 Å². The number of phenolic OH excluding ortho intramolecular Hbond substituents is 1. The van der Waals surface area contributed by atoms with Gasteiger partial charge in [0.1, 0.15) is 0 Å². The molecule has 4 rings (SSSR count). The second-order valence-corrected chi connectivity index (χ2v) is 6.88. The van der Waals surface area contributed by atoms with Gasteiger partial charge in [0.15, 0.2) is 23.4 Å². The highest BCUT2D eigenvalue weighted by Gasteiger charge is 2.55. The van der Waals surface area contributed by atoms with Crippen molar-refractivity contribution in [3.05, 3.63) is 35.4 Å². The van der Waals surface area contributed by atoms with Gasteiger partial charge < -0.3 is 19.8 Å². The summed E-state index contributed by atoms with van der Waals surface area (Å²) < 4.78 is 5.95. The molecule has 122 valence electrons. The molecule has 0 fully saturated rings. The maximum Gasteiger partial charge on any atom is 0.196 e. The van der Waals surface area contributed by atoms with E-state index < -0.39 is 11.5 Å². The Labute approximate surface area is 135 Å². The summed E-state index contributed by atoms with van der Waals surface area (Å²) in [5.74, 6) is 0.533. The average molecular weight is 315 g/mol. The predicted molar refractivity (Wildman–Crippen MR) is 84.8 cm³/mol. The summed E-state index contributed by atoms with van der Waals surface area (Å²) in [4.78, 5) is 14.6. The van der Waals surface area contributed by atoms with Crippen LogP contribution in [0.2, 0.25) is 0 Å². The first-order chi connectivity index (χ1) is 11.1. The van der Waals surface area contributed by atoms with Gasteiger partial charge in [-0.25, -0.2) is 0 Å². The highest BCUT2D eigenvalue weighted by Crippen LogP contribution is 2.55. The zero-order valence-corrected chi connectivity index (χ0v) is 13.2. The molecule has 1 aromatic carbocycles. The van der Waals surface area contributed by atoms with Gasteiger partial charge in [-0.1, -0.05) is 12.1 Å². The first kappa shape index (κ1) is 14.7. The summed E-state index contributed by atoms with van der Waals surface area (Å²) in [5, 5.41) is 19.9. The molecule has 0 aromatic heterocycles. The minimum atomic E-state index is -0.548. The molecule has 1 unspecified atom stereocenters. The Hall–Kier alpha value is -1.85. The number of hydrogen-bond donors (Lipinski definition) is 2. The van der Waals surface area contributed by atoms with Gasteiger partial charge in [-0.3, -0.25) is 4.79 Å². The second kappa shape index (κ2) is 5.08. The van der Waals surface area contributed by atoms with Gasteiger partial charge >= 0.3 is 0 Å². The molecular formula is C18H21NO4. The van der Waals surface area contributed by atoms with Crippen LogP contribution in [0.4, 0.5) is 0 Å². The summed E-state index contributed by atoms with van der Waals surface area (Å²) >= 11 is 0. The number of carbonyl (C=O) groups excluding carboxylic acids is 1. The first-order valence-corrected chi connectivity index (χ1v) is 8.10. The smallest absolute Gasteiger partial charge is 0.196 e. The lowest BCUT2D eigenvalue weighted by Crippen LogP contribution is -2.50. The summed E-state index contributed by atoms with van der Waals surface area (Å²) in [7, 11) is 2.01. The number of aromatic hydroxyl groups is 1. The molecule has 1 aliphatic carbocycles. The zero-order valence-electron chi connectivity index (χ0n) is 13.2. The number of carbonyl (C=O) groups is 1. The van der Waals surface area contributed by atoms with Gasteiger partial charge in [0.25, 0.3) is 0 Å². The molecule has 0 amide bonds. The third-order valence-corrected chi connectivity index (χ3v) is 5.68. The molecule has 5 heteroatoms. The highest BCUT2D eigenvalue weighted by atomic mass is 16.5. The van der Waals surface area contributed by atoms with Crippen molar-refractivity contribution in [1.82, 2.24) is 4.90 Å². The van der Waals surface area contributed by atoms with Crippen molar-refractivity contribution < 1.29 is 19.7 Å². The van der Waals surface area contributed by atoms with Crippen LogP contribution in [0.5, 0.6) is 11.5 Å². The van der Waals surface area contributed by atoms with E-state index in [1.165, 1.54) is 0 Å². The minimum absolute atomic E-state index is 0.0280. The van der Waals surface area contributed by atoms with Crippen molar-refractivity contribution in [2.75, 3.05) is 20.2 Å². The van der Waals surface area contributed by atoms with Crippen LogP contribution in [-0.4, -0.2) is 53.2 Å². The van der Waals surface area contributed by atoms with E-state index in [1.807, 2.05) is 19.2 Å². The van der Waals surface area contributed by atoms with Crippen LogP contribution in [0.1, 0.15) is 24.0 Å². The molecule has 3 atom stereocenters.